The summed E-state index contributed by atoms with van der Waals surface area (Å²) in [5, 5.41) is 16.9. The molecule has 11 heteroatoms. The normalized spacial score (nSPS) is 10.8. The number of amides is 1. The molecule has 4 aromatic heterocycles. The van der Waals surface area contributed by atoms with E-state index in [4.69, 9.17) is 14.7 Å². The molecule has 0 radical (unpaired) electrons. The summed E-state index contributed by atoms with van der Waals surface area (Å²) in [6.07, 6.45) is 4.80. The van der Waals surface area contributed by atoms with E-state index in [1.807, 2.05) is 18.2 Å². The van der Waals surface area contributed by atoms with Crippen molar-refractivity contribution in [2.45, 2.75) is 19.4 Å². The molecular formula is C18H18N8O3. The minimum absolute atomic E-state index is 0.0697. The van der Waals surface area contributed by atoms with Gasteiger partial charge in [-0.1, -0.05) is 5.16 Å². The lowest BCUT2D eigenvalue weighted by Gasteiger charge is -2.05. The van der Waals surface area contributed by atoms with Crippen LogP contribution < -0.4 is 16.4 Å². The lowest BCUT2D eigenvalue weighted by Crippen LogP contribution is -2.10. The third-order valence-electron chi connectivity index (χ3n) is 3.99. The maximum atomic E-state index is 11.0. The van der Waals surface area contributed by atoms with Gasteiger partial charge in [-0.15, -0.1) is 0 Å². The molecule has 0 spiro atoms. The van der Waals surface area contributed by atoms with Crippen molar-refractivity contribution in [3.05, 3.63) is 65.7 Å². The first-order valence-electron chi connectivity index (χ1n) is 8.82. The molecule has 0 aliphatic carbocycles. The van der Waals surface area contributed by atoms with Gasteiger partial charge in [-0.05, 0) is 24.6 Å². The molecule has 1 amide bonds. The molecule has 0 aromatic carbocycles. The number of carbonyl (C=O) groups excluding carboxylic acids is 1. The van der Waals surface area contributed by atoms with Crippen molar-refractivity contribution >= 4 is 23.5 Å². The Bertz CT molecular complexity index is 1090. The van der Waals surface area contributed by atoms with Crippen molar-refractivity contribution in [2.75, 3.05) is 10.6 Å². The van der Waals surface area contributed by atoms with Crippen LogP contribution in [0.1, 0.15) is 27.7 Å². The summed E-state index contributed by atoms with van der Waals surface area (Å²) in [5.41, 5.74) is 6.12. The van der Waals surface area contributed by atoms with Crippen LogP contribution in [0.3, 0.4) is 0 Å². The van der Waals surface area contributed by atoms with Gasteiger partial charge in [0.25, 0.3) is 5.91 Å². The van der Waals surface area contributed by atoms with Crippen LogP contribution in [-0.2, 0) is 19.4 Å². The highest BCUT2D eigenvalue weighted by molar-refractivity contribution is 5.90. The first kappa shape index (κ1) is 18.2. The molecule has 11 nitrogen and oxygen atoms in total. The van der Waals surface area contributed by atoms with Crippen LogP contribution in [0.5, 0.6) is 0 Å². The fourth-order valence-corrected chi connectivity index (χ4v) is 2.59. The number of nitrogens with one attached hydrogen (secondary N) is 3. The van der Waals surface area contributed by atoms with Gasteiger partial charge < -0.3 is 25.3 Å². The van der Waals surface area contributed by atoms with Crippen LogP contribution in [0.15, 0.2) is 51.7 Å². The largest absolute Gasteiger partial charge is 0.469 e. The van der Waals surface area contributed by atoms with Gasteiger partial charge in [0, 0.05) is 24.8 Å². The number of primary amides is 1. The minimum atomic E-state index is -0.648. The molecule has 0 aliphatic rings. The Morgan fingerprint density at radius 3 is 2.93 bits per heavy atom. The lowest BCUT2D eigenvalue weighted by atomic mass is 10.2. The number of furan rings is 1. The molecule has 5 N–H and O–H groups in total. The highest BCUT2D eigenvalue weighted by Crippen LogP contribution is 2.16. The minimum Gasteiger partial charge on any atom is -0.469 e. The average molecular weight is 394 g/mol. The van der Waals surface area contributed by atoms with E-state index in [2.05, 4.69) is 36.0 Å². The number of anilines is 3. The zero-order valence-corrected chi connectivity index (χ0v) is 15.3. The molecule has 0 aliphatic heterocycles. The van der Waals surface area contributed by atoms with Gasteiger partial charge in [0.15, 0.2) is 11.5 Å². The number of carbonyl (C=O) groups is 1. The summed E-state index contributed by atoms with van der Waals surface area (Å²) < 4.78 is 10.3. The zero-order valence-electron chi connectivity index (χ0n) is 15.3. The third kappa shape index (κ3) is 4.77. The van der Waals surface area contributed by atoms with Gasteiger partial charge in [0.2, 0.25) is 5.95 Å². The molecule has 0 atom stereocenters. The SMILES string of the molecule is NC(=O)c1cc(CNc2nccc(Nc3cc(CCc4ccco4)n[nH]3)n2)on1. The van der Waals surface area contributed by atoms with E-state index < -0.39 is 5.91 Å². The number of hydrogen-bond acceptors (Lipinski definition) is 9. The summed E-state index contributed by atoms with van der Waals surface area (Å²) in [4.78, 5) is 19.6. The fourth-order valence-electron chi connectivity index (χ4n) is 2.59. The Morgan fingerprint density at radius 2 is 2.14 bits per heavy atom. The molecule has 0 saturated carbocycles. The molecule has 0 saturated heterocycles. The van der Waals surface area contributed by atoms with Gasteiger partial charge in [-0.2, -0.15) is 10.1 Å². The Kier molecular flexibility index (Phi) is 5.18. The van der Waals surface area contributed by atoms with Crippen molar-refractivity contribution in [3.63, 3.8) is 0 Å². The number of H-pyrrole nitrogens is 1. The summed E-state index contributed by atoms with van der Waals surface area (Å²) in [7, 11) is 0. The molecule has 148 valence electrons. The Hall–Kier alpha value is -4.15. The van der Waals surface area contributed by atoms with E-state index in [1.54, 1.807) is 18.5 Å². The monoisotopic (exact) mass is 394 g/mol. The highest BCUT2D eigenvalue weighted by Gasteiger charge is 2.10. The van der Waals surface area contributed by atoms with Crippen molar-refractivity contribution < 1.29 is 13.7 Å². The van der Waals surface area contributed by atoms with Crippen molar-refractivity contribution in [1.82, 2.24) is 25.3 Å². The van der Waals surface area contributed by atoms with Crippen LogP contribution >= 0.6 is 0 Å². The van der Waals surface area contributed by atoms with Crippen LogP contribution in [0.2, 0.25) is 0 Å². The van der Waals surface area contributed by atoms with Crippen LogP contribution in [0.25, 0.3) is 0 Å². The first-order chi connectivity index (χ1) is 14.2. The first-order valence-corrected chi connectivity index (χ1v) is 8.82. The summed E-state index contributed by atoms with van der Waals surface area (Å²) in [5.74, 6) is 2.39. The van der Waals surface area contributed by atoms with Gasteiger partial charge in [0.05, 0.1) is 18.5 Å². The smallest absolute Gasteiger partial charge is 0.270 e. The topological polar surface area (TPSA) is 161 Å². The second kappa shape index (κ2) is 8.25. The quantitative estimate of drug-likeness (QED) is 0.333. The predicted molar refractivity (Wildman–Crippen MR) is 102 cm³/mol. The molecule has 29 heavy (non-hydrogen) atoms. The zero-order chi connectivity index (χ0) is 20.1. The molecule has 0 fully saturated rings. The Balaban J connectivity index is 1.33. The summed E-state index contributed by atoms with van der Waals surface area (Å²) >= 11 is 0. The van der Waals surface area contributed by atoms with Gasteiger partial charge in [-0.25, -0.2) is 4.98 Å². The number of rotatable bonds is 9. The van der Waals surface area contributed by atoms with Crippen molar-refractivity contribution in [2.24, 2.45) is 5.73 Å². The number of aryl methyl sites for hydroxylation is 2. The Labute approximate surface area is 164 Å². The van der Waals surface area contributed by atoms with Gasteiger partial charge >= 0.3 is 0 Å². The Morgan fingerprint density at radius 1 is 1.21 bits per heavy atom. The van der Waals surface area contributed by atoms with E-state index in [-0.39, 0.29) is 12.2 Å². The predicted octanol–water partition coefficient (Wildman–Crippen LogP) is 2.02. The summed E-state index contributed by atoms with van der Waals surface area (Å²) in [6.45, 7) is 0.255. The van der Waals surface area contributed by atoms with E-state index >= 15 is 0 Å². The standard InChI is InChI=1S/C18H18N8O3/c19-17(27)14-9-13(29-26-14)10-21-18-20-6-5-15(23-18)22-16-8-11(24-25-16)3-4-12-2-1-7-28-12/h1-2,5-9H,3-4,10H2,(H2,19,27)(H3,20,21,22,23,24,25). The molecule has 0 bridgehead atoms. The van der Waals surface area contributed by atoms with Crippen LogP contribution in [-0.4, -0.2) is 31.2 Å². The molecule has 4 rings (SSSR count). The number of aromatic amines is 1. The van der Waals surface area contributed by atoms with E-state index in [9.17, 15) is 4.79 Å². The van der Waals surface area contributed by atoms with Crippen molar-refractivity contribution in [3.8, 4) is 0 Å². The van der Waals surface area contributed by atoms with E-state index in [0.29, 0.717) is 23.3 Å². The second-order valence-electron chi connectivity index (χ2n) is 6.14. The van der Waals surface area contributed by atoms with Crippen LogP contribution in [0.4, 0.5) is 17.6 Å². The van der Waals surface area contributed by atoms with Gasteiger partial charge in [0.1, 0.15) is 17.4 Å². The number of nitrogens with zero attached hydrogens (tertiary/aromatic N) is 4. The maximum Gasteiger partial charge on any atom is 0.270 e. The second-order valence-corrected chi connectivity index (χ2v) is 6.14. The number of aromatic nitrogens is 5. The number of nitrogens with two attached hydrogens (primary N) is 1. The van der Waals surface area contributed by atoms with Gasteiger partial charge in [-0.3, -0.25) is 9.89 Å². The van der Waals surface area contributed by atoms with Crippen LogP contribution in [0, 0.1) is 0 Å². The number of hydrogen-bond donors (Lipinski definition) is 4. The molecule has 4 aromatic rings. The molecule has 4 heterocycles. The third-order valence-corrected chi connectivity index (χ3v) is 3.99. The fraction of sp³-hybridized carbons (Fsp3) is 0.167. The average Bonchev–Trinajstić information content (AvgIpc) is 3.47. The van der Waals surface area contributed by atoms with E-state index in [0.717, 1.165) is 24.3 Å². The highest BCUT2D eigenvalue weighted by atomic mass is 16.5. The molecule has 0 unspecified atom stereocenters. The van der Waals surface area contributed by atoms with Crippen molar-refractivity contribution in [1.29, 1.82) is 0 Å². The maximum absolute atomic E-state index is 11.0. The summed E-state index contributed by atoms with van der Waals surface area (Å²) in [6, 6.07) is 8.92. The molecular weight excluding hydrogens is 376 g/mol. The lowest BCUT2D eigenvalue weighted by molar-refractivity contribution is 0.0991. The van der Waals surface area contributed by atoms with E-state index in [1.165, 1.54) is 6.07 Å².